The highest BCUT2D eigenvalue weighted by atomic mass is 35.5. The Morgan fingerprint density at radius 2 is 1.62 bits per heavy atom. The number of aliphatic hydroxyl groups is 1. The fraction of sp³-hybridized carbons (Fsp3) is 0.647. The third-order valence-corrected chi connectivity index (χ3v) is 4.14. The molecule has 4 heteroatoms. The Bertz CT molecular complexity index is 425. The van der Waals surface area contributed by atoms with Crippen molar-refractivity contribution in [1.82, 2.24) is 4.90 Å². The first-order valence-electron chi connectivity index (χ1n) is 7.65. The summed E-state index contributed by atoms with van der Waals surface area (Å²) in [6, 6.07) is 5.41. The predicted octanol–water partition coefficient (Wildman–Crippen LogP) is 5.03. The predicted molar refractivity (Wildman–Crippen MR) is 92.2 cm³/mol. The molecule has 1 unspecified atom stereocenters. The lowest BCUT2D eigenvalue weighted by Gasteiger charge is -2.27. The number of aliphatic hydroxyl groups excluding tert-OH is 1. The SMILES string of the molecule is CC(C)CN(CCC(O)c1cccc(Cl)c1Cl)CC(C)C. The summed E-state index contributed by atoms with van der Waals surface area (Å²) in [5.41, 5.74) is 0.721. The zero-order chi connectivity index (χ0) is 16.0. The summed E-state index contributed by atoms with van der Waals surface area (Å²) in [7, 11) is 0. The van der Waals surface area contributed by atoms with E-state index in [2.05, 4.69) is 32.6 Å². The Hall–Kier alpha value is -0.280. The van der Waals surface area contributed by atoms with Gasteiger partial charge < -0.3 is 10.0 Å². The van der Waals surface area contributed by atoms with Crippen LogP contribution in [0, 0.1) is 11.8 Å². The molecule has 2 nitrogen and oxygen atoms in total. The Morgan fingerprint density at radius 1 is 1.05 bits per heavy atom. The molecule has 1 aromatic carbocycles. The van der Waals surface area contributed by atoms with Gasteiger partial charge >= 0.3 is 0 Å². The van der Waals surface area contributed by atoms with E-state index in [4.69, 9.17) is 23.2 Å². The van der Waals surface area contributed by atoms with Gasteiger partial charge in [0.15, 0.2) is 0 Å². The second kappa shape index (κ2) is 8.99. The van der Waals surface area contributed by atoms with Crippen molar-refractivity contribution < 1.29 is 5.11 Å². The lowest BCUT2D eigenvalue weighted by Crippen LogP contribution is -2.33. The molecule has 1 aromatic rings. The highest BCUT2D eigenvalue weighted by Gasteiger charge is 2.16. The monoisotopic (exact) mass is 331 g/mol. The molecule has 0 aliphatic rings. The van der Waals surface area contributed by atoms with Gasteiger partial charge in [0.2, 0.25) is 0 Å². The molecule has 0 saturated carbocycles. The van der Waals surface area contributed by atoms with Gasteiger partial charge in [-0.25, -0.2) is 0 Å². The van der Waals surface area contributed by atoms with E-state index in [1.807, 2.05) is 12.1 Å². The highest BCUT2D eigenvalue weighted by Crippen LogP contribution is 2.31. The number of benzene rings is 1. The number of hydrogen-bond donors (Lipinski definition) is 1. The maximum absolute atomic E-state index is 10.4. The van der Waals surface area contributed by atoms with Gasteiger partial charge in [0.25, 0.3) is 0 Å². The minimum absolute atomic E-state index is 0.464. The van der Waals surface area contributed by atoms with Crippen molar-refractivity contribution in [3.05, 3.63) is 33.8 Å². The van der Waals surface area contributed by atoms with Gasteiger partial charge in [-0.1, -0.05) is 63.0 Å². The molecule has 1 rings (SSSR count). The summed E-state index contributed by atoms with van der Waals surface area (Å²) in [6.45, 7) is 11.8. The lowest BCUT2D eigenvalue weighted by atomic mass is 10.1. The van der Waals surface area contributed by atoms with Crippen LogP contribution in [-0.2, 0) is 0 Å². The van der Waals surface area contributed by atoms with E-state index in [9.17, 15) is 5.11 Å². The van der Waals surface area contributed by atoms with Gasteiger partial charge in [-0.15, -0.1) is 0 Å². The molecular weight excluding hydrogens is 305 g/mol. The van der Waals surface area contributed by atoms with Crippen LogP contribution in [0.5, 0.6) is 0 Å². The molecule has 0 spiro atoms. The Morgan fingerprint density at radius 3 is 2.14 bits per heavy atom. The van der Waals surface area contributed by atoms with Crippen molar-refractivity contribution in [1.29, 1.82) is 0 Å². The van der Waals surface area contributed by atoms with E-state index in [1.54, 1.807) is 6.07 Å². The summed E-state index contributed by atoms with van der Waals surface area (Å²) in [6.07, 6.45) is 0.0949. The van der Waals surface area contributed by atoms with Crippen LogP contribution in [-0.4, -0.2) is 29.6 Å². The van der Waals surface area contributed by atoms with E-state index in [-0.39, 0.29) is 0 Å². The normalized spacial score (nSPS) is 13.4. The molecule has 21 heavy (non-hydrogen) atoms. The molecule has 120 valence electrons. The molecular formula is C17H27Cl2NO. The third-order valence-electron chi connectivity index (χ3n) is 3.31. The van der Waals surface area contributed by atoms with Crippen LogP contribution >= 0.6 is 23.2 Å². The smallest absolute Gasteiger partial charge is 0.0817 e. The van der Waals surface area contributed by atoms with Crippen molar-refractivity contribution in [2.24, 2.45) is 11.8 Å². The van der Waals surface area contributed by atoms with Gasteiger partial charge in [0.1, 0.15) is 0 Å². The fourth-order valence-electron chi connectivity index (χ4n) is 2.53. The van der Waals surface area contributed by atoms with Crippen molar-refractivity contribution in [2.75, 3.05) is 19.6 Å². The molecule has 0 aliphatic heterocycles. The molecule has 0 fully saturated rings. The quantitative estimate of drug-likeness (QED) is 0.722. The number of hydrogen-bond acceptors (Lipinski definition) is 2. The van der Waals surface area contributed by atoms with Crippen LogP contribution in [0.1, 0.15) is 45.8 Å². The molecule has 0 aromatic heterocycles. The van der Waals surface area contributed by atoms with Gasteiger partial charge in [-0.05, 0) is 24.3 Å². The van der Waals surface area contributed by atoms with E-state index in [1.165, 1.54) is 0 Å². The first-order valence-corrected chi connectivity index (χ1v) is 8.41. The van der Waals surface area contributed by atoms with Gasteiger partial charge in [0, 0.05) is 25.2 Å². The Labute approximate surface area is 139 Å². The number of halogens is 2. The number of rotatable bonds is 8. The molecule has 0 amide bonds. The molecule has 0 aliphatic carbocycles. The molecule has 1 N–H and O–H groups in total. The summed E-state index contributed by atoms with van der Waals surface area (Å²) < 4.78 is 0. The zero-order valence-corrected chi connectivity index (χ0v) is 15.0. The Kier molecular flexibility index (Phi) is 8.04. The van der Waals surface area contributed by atoms with Crippen LogP contribution in [0.4, 0.5) is 0 Å². The first-order chi connectivity index (χ1) is 9.81. The van der Waals surface area contributed by atoms with E-state index in [0.717, 1.165) is 25.2 Å². The van der Waals surface area contributed by atoms with Crippen LogP contribution in [0.15, 0.2) is 18.2 Å². The van der Waals surface area contributed by atoms with E-state index < -0.39 is 6.10 Å². The zero-order valence-electron chi connectivity index (χ0n) is 13.4. The first kappa shape index (κ1) is 18.8. The second-order valence-electron chi connectivity index (χ2n) is 6.49. The van der Waals surface area contributed by atoms with Crippen LogP contribution in [0.2, 0.25) is 10.0 Å². The summed E-state index contributed by atoms with van der Waals surface area (Å²) in [5, 5.41) is 11.3. The average Bonchev–Trinajstić information content (AvgIpc) is 2.37. The van der Waals surface area contributed by atoms with Crippen LogP contribution in [0.25, 0.3) is 0 Å². The molecule has 0 heterocycles. The molecule has 0 saturated heterocycles. The van der Waals surface area contributed by atoms with Crippen molar-refractivity contribution in [3.63, 3.8) is 0 Å². The van der Waals surface area contributed by atoms with Crippen LogP contribution in [0.3, 0.4) is 0 Å². The fourth-order valence-corrected chi connectivity index (χ4v) is 2.96. The second-order valence-corrected chi connectivity index (χ2v) is 7.28. The van der Waals surface area contributed by atoms with E-state index in [0.29, 0.717) is 28.3 Å². The highest BCUT2D eigenvalue weighted by molar-refractivity contribution is 6.42. The van der Waals surface area contributed by atoms with Gasteiger partial charge in [0.05, 0.1) is 16.1 Å². The van der Waals surface area contributed by atoms with Crippen LogP contribution < -0.4 is 0 Å². The molecule has 0 radical (unpaired) electrons. The maximum atomic E-state index is 10.4. The van der Waals surface area contributed by atoms with Crippen molar-refractivity contribution >= 4 is 23.2 Å². The number of nitrogens with zero attached hydrogens (tertiary/aromatic N) is 1. The summed E-state index contributed by atoms with van der Waals surface area (Å²) >= 11 is 12.2. The third kappa shape index (κ3) is 6.56. The minimum atomic E-state index is -0.571. The molecule has 1 atom stereocenters. The summed E-state index contributed by atoms with van der Waals surface area (Å²) in [5.74, 6) is 1.24. The van der Waals surface area contributed by atoms with Gasteiger partial charge in [-0.3, -0.25) is 0 Å². The van der Waals surface area contributed by atoms with Crippen molar-refractivity contribution in [2.45, 2.75) is 40.2 Å². The standard InChI is InChI=1S/C17H27Cl2NO/c1-12(2)10-20(11-13(3)4)9-8-16(21)14-6-5-7-15(18)17(14)19/h5-7,12-13,16,21H,8-11H2,1-4H3. The van der Waals surface area contributed by atoms with E-state index >= 15 is 0 Å². The molecule has 0 bridgehead atoms. The largest absolute Gasteiger partial charge is 0.388 e. The van der Waals surface area contributed by atoms with Crippen molar-refractivity contribution in [3.8, 4) is 0 Å². The lowest BCUT2D eigenvalue weighted by molar-refractivity contribution is 0.131. The average molecular weight is 332 g/mol. The summed E-state index contributed by atoms with van der Waals surface area (Å²) in [4.78, 5) is 2.41. The van der Waals surface area contributed by atoms with Gasteiger partial charge in [-0.2, -0.15) is 0 Å². The Balaban J connectivity index is 2.63. The topological polar surface area (TPSA) is 23.5 Å². The minimum Gasteiger partial charge on any atom is -0.388 e. The maximum Gasteiger partial charge on any atom is 0.0817 e.